The maximum Gasteiger partial charge on any atom is 0.243 e. The number of carbonyl (C=O) groups excluding carboxylic acids is 1. The minimum Gasteiger partial charge on any atom is -0.371 e. The number of primary amides is 1. The number of benzene rings is 1. The summed E-state index contributed by atoms with van der Waals surface area (Å²) in [5.41, 5.74) is 6.04. The number of anilines is 1. The van der Waals surface area contributed by atoms with E-state index in [1.165, 1.54) is 0 Å². The molecule has 0 aromatic heterocycles. The van der Waals surface area contributed by atoms with E-state index in [-0.39, 0.29) is 5.91 Å². The second-order valence-corrected chi connectivity index (χ2v) is 5.23. The molecule has 1 aromatic rings. The highest BCUT2D eigenvalue weighted by molar-refractivity contribution is 5.88. The van der Waals surface area contributed by atoms with Crippen LogP contribution in [0, 0.1) is 0 Å². The molecule has 0 aliphatic carbocycles. The second-order valence-electron chi connectivity index (χ2n) is 5.23. The maximum absolute atomic E-state index is 12.0. The summed E-state index contributed by atoms with van der Waals surface area (Å²) in [5.74, 6) is -0.241. The molecule has 4 heteroatoms. The van der Waals surface area contributed by atoms with Crippen LogP contribution in [-0.4, -0.2) is 36.0 Å². The molecule has 3 N–H and O–H groups in total. The molecule has 1 unspecified atom stereocenters. The normalized spacial score (nSPS) is 24.7. The highest BCUT2D eigenvalue weighted by Crippen LogP contribution is 2.27. The smallest absolute Gasteiger partial charge is 0.243 e. The number of amides is 1. The van der Waals surface area contributed by atoms with E-state index < -0.39 is 5.54 Å². The summed E-state index contributed by atoms with van der Waals surface area (Å²) in [4.78, 5) is 14.3. The Morgan fingerprint density at radius 2 is 2.05 bits per heavy atom. The fourth-order valence-corrected chi connectivity index (χ4v) is 2.74. The van der Waals surface area contributed by atoms with Crippen LogP contribution in [-0.2, 0) is 4.79 Å². The predicted molar refractivity (Wildman–Crippen MR) is 78.0 cm³/mol. The van der Waals surface area contributed by atoms with E-state index in [9.17, 15) is 4.79 Å². The average Bonchev–Trinajstić information content (AvgIpc) is 2.63. The summed E-state index contributed by atoms with van der Waals surface area (Å²) in [6.45, 7) is 5.14. The number of likely N-dealkylation sites (tertiary alicyclic amines) is 1. The van der Waals surface area contributed by atoms with Crippen molar-refractivity contribution < 1.29 is 4.79 Å². The number of rotatable bonds is 4. The van der Waals surface area contributed by atoms with Crippen LogP contribution in [0.25, 0.3) is 0 Å². The number of hydrogen-bond donors (Lipinski definition) is 2. The van der Waals surface area contributed by atoms with Gasteiger partial charge in [-0.25, -0.2) is 0 Å². The Balaban J connectivity index is 2.16. The fraction of sp³-hybridized carbons (Fsp3) is 0.533. The van der Waals surface area contributed by atoms with Crippen LogP contribution in [0.15, 0.2) is 30.3 Å². The van der Waals surface area contributed by atoms with E-state index >= 15 is 0 Å². The summed E-state index contributed by atoms with van der Waals surface area (Å²) in [6, 6.07) is 9.85. The molecule has 1 aliphatic heterocycles. The number of nitrogens with zero attached hydrogens (tertiary/aromatic N) is 1. The van der Waals surface area contributed by atoms with Crippen molar-refractivity contribution in [1.29, 1.82) is 0 Å². The Hall–Kier alpha value is -1.55. The van der Waals surface area contributed by atoms with Crippen LogP contribution in [0.1, 0.15) is 26.2 Å². The third kappa shape index (κ3) is 3.26. The molecular formula is C15H23N3O. The fourth-order valence-electron chi connectivity index (χ4n) is 2.74. The third-order valence-electron chi connectivity index (χ3n) is 4.01. The maximum atomic E-state index is 12.0. The molecule has 1 heterocycles. The van der Waals surface area contributed by atoms with Gasteiger partial charge in [0.25, 0.3) is 0 Å². The average molecular weight is 261 g/mol. The number of nitrogens with one attached hydrogen (secondary N) is 1. The Morgan fingerprint density at radius 1 is 1.32 bits per heavy atom. The quantitative estimate of drug-likeness (QED) is 0.869. The van der Waals surface area contributed by atoms with E-state index in [1.54, 1.807) is 0 Å². The second kappa shape index (κ2) is 6.06. The zero-order valence-corrected chi connectivity index (χ0v) is 11.6. The van der Waals surface area contributed by atoms with Crippen molar-refractivity contribution in [2.75, 3.05) is 25.0 Å². The standard InChI is InChI=1S/C15H23N3O/c1-2-18-11-6-9-15(10-12-18,14(16)19)17-13-7-4-3-5-8-13/h3-5,7-8,17H,2,6,9-12H2,1H3,(H2,16,19). The van der Waals surface area contributed by atoms with Gasteiger partial charge in [0.2, 0.25) is 5.91 Å². The van der Waals surface area contributed by atoms with Crippen molar-refractivity contribution in [2.45, 2.75) is 31.7 Å². The van der Waals surface area contributed by atoms with Crippen LogP contribution in [0.4, 0.5) is 5.69 Å². The summed E-state index contributed by atoms with van der Waals surface area (Å²) in [5, 5.41) is 3.38. The first kappa shape index (κ1) is 13.9. The van der Waals surface area contributed by atoms with Crippen LogP contribution >= 0.6 is 0 Å². The SMILES string of the molecule is CCN1CCCC(Nc2ccccc2)(C(N)=O)CC1. The summed E-state index contributed by atoms with van der Waals surface area (Å²) in [6.07, 6.45) is 2.56. The van der Waals surface area contributed by atoms with Crippen molar-refractivity contribution >= 4 is 11.6 Å². The van der Waals surface area contributed by atoms with Gasteiger partial charge in [0.15, 0.2) is 0 Å². The van der Waals surface area contributed by atoms with Crippen molar-refractivity contribution in [3.05, 3.63) is 30.3 Å². The predicted octanol–water partition coefficient (Wildman–Crippen LogP) is 1.83. The highest BCUT2D eigenvalue weighted by Gasteiger charge is 2.37. The van der Waals surface area contributed by atoms with E-state index in [1.807, 2.05) is 30.3 Å². The van der Waals surface area contributed by atoms with Gasteiger partial charge in [-0.1, -0.05) is 25.1 Å². The first-order valence-corrected chi connectivity index (χ1v) is 7.02. The Kier molecular flexibility index (Phi) is 4.43. The lowest BCUT2D eigenvalue weighted by Gasteiger charge is -2.31. The Morgan fingerprint density at radius 3 is 2.68 bits per heavy atom. The van der Waals surface area contributed by atoms with Gasteiger partial charge in [-0.3, -0.25) is 4.79 Å². The van der Waals surface area contributed by atoms with E-state index in [2.05, 4.69) is 17.1 Å². The van der Waals surface area contributed by atoms with Gasteiger partial charge in [0.05, 0.1) is 0 Å². The molecule has 1 saturated heterocycles. The number of hydrogen-bond acceptors (Lipinski definition) is 3. The van der Waals surface area contributed by atoms with Gasteiger partial charge in [0.1, 0.15) is 5.54 Å². The molecule has 0 radical (unpaired) electrons. The van der Waals surface area contributed by atoms with Crippen LogP contribution in [0.2, 0.25) is 0 Å². The summed E-state index contributed by atoms with van der Waals surface area (Å²) >= 11 is 0. The van der Waals surface area contributed by atoms with Crippen LogP contribution in [0.5, 0.6) is 0 Å². The van der Waals surface area contributed by atoms with Gasteiger partial charge in [0, 0.05) is 12.2 Å². The molecule has 1 aliphatic rings. The van der Waals surface area contributed by atoms with Gasteiger partial charge in [-0.2, -0.15) is 0 Å². The lowest BCUT2D eigenvalue weighted by atomic mass is 9.89. The molecule has 4 nitrogen and oxygen atoms in total. The van der Waals surface area contributed by atoms with Crippen molar-refractivity contribution in [3.8, 4) is 0 Å². The number of nitrogens with two attached hydrogens (primary N) is 1. The van der Waals surface area contributed by atoms with Crippen LogP contribution < -0.4 is 11.1 Å². The Labute approximate surface area is 115 Å². The van der Waals surface area contributed by atoms with Gasteiger partial charge < -0.3 is 16.0 Å². The summed E-state index contributed by atoms with van der Waals surface area (Å²) < 4.78 is 0. The minimum absolute atomic E-state index is 0.241. The highest BCUT2D eigenvalue weighted by atomic mass is 16.1. The molecule has 104 valence electrons. The van der Waals surface area contributed by atoms with Crippen molar-refractivity contribution in [1.82, 2.24) is 4.90 Å². The Bertz CT molecular complexity index is 421. The van der Waals surface area contributed by atoms with Gasteiger partial charge in [-0.05, 0) is 44.5 Å². The van der Waals surface area contributed by atoms with Crippen molar-refractivity contribution in [2.24, 2.45) is 5.73 Å². The molecule has 1 aromatic carbocycles. The van der Waals surface area contributed by atoms with E-state index in [0.717, 1.165) is 44.6 Å². The first-order chi connectivity index (χ1) is 9.16. The molecule has 0 bridgehead atoms. The van der Waals surface area contributed by atoms with Crippen LogP contribution in [0.3, 0.4) is 0 Å². The zero-order chi connectivity index (χ0) is 13.7. The zero-order valence-electron chi connectivity index (χ0n) is 11.6. The summed E-state index contributed by atoms with van der Waals surface area (Å²) in [7, 11) is 0. The molecule has 2 rings (SSSR count). The molecular weight excluding hydrogens is 238 g/mol. The van der Waals surface area contributed by atoms with E-state index in [4.69, 9.17) is 5.73 Å². The van der Waals surface area contributed by atoms with Crippen molar-refractivity contribution in [3.63, 3.8) is 0 Å². The van der Waals surface area contributed by atoms with Gasteiger partial charge in [-0.15, -0.1) is 0 Å². The van der Waals surface area contributed by atoms with Gasteiger partial charge >= 0.3 is 0 Å². The molecule has 19 heavy (non-hydrogen) atoms. The molecule has 1 amide bonds. The minimum atomic E-state index is -0.606. The van der Waals surface area contributed by atoms with E-state index in [0.29, 0.717) is 0 Å². The monoisotopic (exact) mass is 261 g/mol. The molecule has 1 fully saturated rings. The number of para-hydroxylation sites is 1. The number of carbonyl (C=O) groups is 1. The topological polar surface area (TPSA) is 58.4 Å². The third-order valence-corrected chi connectivity index (χ3v) is 4.01. The largest absolute Gasteiger partial charge is 0.371 e. The molecule has 0 spiro atoms. The molecule has 1 atom stereocenters. The lowest BCUT2D eigenvalue weighted by molar-refractivity contribution is -0.122. The molecule has 0 saturated carbocycles. The first-order valence-electron chi connectivity index (χ1n) is 7.02. The lowest BCUT2D eigenvalue weighted by Crippen LogP contribution is -2.51.